The summed E-state index contributed by atoms with van der Waals surface area (Å²) in [5, 5.41) is 7.74. The number of anilines is 5. The molecule has 0 heterocycles. The lowest BCUT2D eigenvalue weighted by atomic mass is 9.83. The van der Waals surface area contributed by atoms with Crippen LogP contribution in [-0.4, -0.2) is 0 Å². The van der Waals surface area contributed by atoms with E-state index in [1.54, 1.807) is 0 Å². The number of hydrogen-bond donors (Lipinski definition) is 0. The molecule has 8 rings (SSSR count). The highest BCUT2D eigenvalue weighted by molar-refractivity contribution is 6.29. The molecule has 48 heavy (non-hydrogen) atoms. The van der Waals surface area contributed by atoms with Crippen LogP contribution >= 0.6 is 0 Å². The van der Waals surface area contributed by atoms with E-state index in [0.29, 0.717) is 0 Å². The van der Waals surface area contributed by atoms with E-state index in [2.05, 4.69) is 184 Å². The third-order valence-electron chi connectivity index (χ3n) is 9.98. The number of hydrogen-bond acceptors (Lipinski definition) is 2. The first-order valence-corrected chi connectivity index (χ1v) is 17.2. The quantitative estimate of drug-likeness (QED) is 0.170. The summed E-state index contributed by atoms with van der Waals surface area (Å²) in [6.45, 7) is 11.4. The Balaban J connectivity index is 1.55. The number of para-hydroxylation sites is 3. The molecule has 0 spiro atoms. The van der Waals surface area contributed by atoms with E-state index in [1.807, 2.05) is 0 Å². The molecule has 7 aromatic rings. The SMILES string of the molecule is Cc1ccccc1N(C1=CCCC=C1)c1cc(N(c2ccccc2)c2ccccc2C)c2ccc3cc(C(C)(C)C)cc4ccc1c2c43. The van der Waals surface area contributed by atoms with E-state index in [9.17, 15) is 0 Å². The molecule has 2 heteroatoms. The normalized spacial score (nSPS) is 13.4. The van der Waals surface area contributed by atoms with Gasteiger partial charge in [-0.15, -0.1) is 0 Å². The average Bonchev–Trinajstić information content (AvgIpc) is 3.10. The van der Waals surface area contributed by atoms with Gasteiger partial charge in [-0.2, -0.15) is 0 Å². The summed E-state index contributed by atoms with van der Waals surface area (Å²) in [7, 11) is 0. The molecule has 236 valence electrons. The number of aryl methyl sites for hydroxylation is 2. The van der Waals surface area contributed by atoms with Crippen LogP contribution < -0.4 is 9.80 Å². The van der Waals surface area contributed by atoms with Crippen molar-refractivity contribution in [2.45, 2.75) is 52.9 Å². The first-order chi connectivity index (χ1) is 23.3. The number of allylic oxidation sites excluding steroid dienone is 3. The Morgan fingerprint density at radius 1 is 0.521 bits per heavy atom. The summed E-state index contributed by atoms with van der Waals surface area (Å²) in [4.78, 5) is 4.97. The predicted molar refractivity (Wildman–Crippen MR) is 208 cm³/mol. The lowest BCUT2D eigenvalue weighted by Gasteiger charge is -2.34. The van der Waals surface area contributed by atoms with E-state index in [0.717, 1.165) is 18.5 Å². The minimum atomic E-state index is 0.0527. The van der Waals surface area contributed by atoms with Crippen molar-refractivity contribution in [2.75, 3.05) is 9.80 Å². The van der Waals surface area contributed by atoms with Gasteiger partial charge in [0.15, 0.2) is 0 Å². The van der Waals surface area contributed by atoms with E-state index in [-0.39, 0.29) is 5.41 Å². The van der Waals surface area contributed by atoms with Gasteiger partial charge in [-0.1, -0.05) is 124 Å². The second-order valence-electron chi connectivity index (χ2n) is 14.3. The molecule has 0 atom stereocenters. The maximum Gasteiger partial charge on any atom is 0.0561 e. The molecule has 0 saturated carbocycles. The van der Waals surface area contributed by atoms with E-state index < -0.39 is 0 Å². The lowest BCUT2D eigenvalue weighted by Crippen LogP contribution is -2.19. The first kappa shape index (κ1) is 30.0. The van der Waals surface area contributed by atoms with Crippen LogP contribution in [0.15, 0.2) is 145 Å². The molecule has 0 bridgehead atoms. The Labute approximate surface area is 284 Å². The molecule has 0 saturated heterocycles. The van der Waals surface area contributed by atoms with Gasteiger partial charge in [0.05, 0.1) is 11.4 Å². The highest BCUT2D eigenvalue weighted by Gasteiger charge is 2.26. The lowest BCUT2D eigenvalue weighted by molar-refractivity contribution is 0.591. The Kier molecular flexibility index (Phi) is 7.33. The predicted octanol–water partition coefficient (Wildman–Crippen LogP) is 13.3. The molecule has 1 aliphatic rings. The molecular formula is C46H42N2. The van der Waals surface area contributed by atoms with Crippen molar-refractivity contribution in [3.63, 3.8) is 0 Å². The number of rotatable bonds is 6. The molecule has 0 amide bonds. The van der Waals surface area contributed by atoms with Crippen LogP contribution in [0, 0.1) is 13.8 Å². The van der Waals surface area contributed by atoms with Crippen molar-refractivity contribution in [1.82, 2.24) is 0 Å². The van der Waals surface area contributed by atoms with Gasteiger partial charge < -0.3 is 9.80 Å². The molecule has 0 aromatic heterocycles. The average molecular weight is 623 g/mol. The Hall–Kier alpha value is -5.34. The van der Waals surface area contributed by atoms with Gasteiger partial charge in [0.2, 0.25) is 0 Å². The molecule has 7 aromatic carbocycles. The van der Waals surface area contributed by atoms with Gasteiger partial charge in [0, 0.05) is 38.9 Å². The maximum atomic E-state index is 2.50. The van der Waals surface area contributed by atoms with Gasteiger partial charge in [-0.05, 0) is 101 Å². The largest absolute Gasteiger partial charge is 0.310 e. The molecule has 0 unspecified atom stereocenters. The molecular weight excluding hydrogens is 581 g/mol. The summed E-state index contributed by atoms with van der Waals surface area (Å²) < 4.78 is 0. The van der Waals surface area contributed by atoms with Crippen LogP contribution in [-0.2, 0) is 5.41 Å². The van der Waals surface area contributed by atoms with Crippen LogP contribution in [0.5, 0.6) is 0 Å². The van der Waals surface area contributed by atoms with Crippen molar-refractivity contribution in [3.8, 4) is 0 Å². The fraction of sp³-hybridized carbons (Fsp3) is 0.174. The fourth-order valence-corrected chi connectivity index (χ4v) is 7.47. The van der Waals surface area contributed by atoms with Crippen molar-refractivity contribution in [3.05, 3.63) is 162 Å². The molecule has 0 N–H and O–H groups in total. The molecule has 0 radical (unpaired) electrons. The topological polar surface area (TPSA) is 6.48 Å². The maximum absolute atomic E-state index is 2.50. The van der Waals surface area contributed by atoms with Gasteiger partial charge in [0.25, 0.3) is 0 Å². The van der Waals surface area contributed by atoms with Crippen molar-refractivity contribution in [1.29, 1.82) is 0 Å². The van der Waals surface area contributed by atoms with Crippen LogP contribution in [0.4, 0.5) is 28.4 Å². The minimum absolute atomic E-state index is 0.0527. The third kappa shape index (κ3) is 5.04. The van der Waals surface area contributed by atoms with Gasteiger partial charge >= 0.3 is 0 Å². The second-order valence-corrected chi connectivity index (χ2v) is 14.3. The summed E-state index contributed by atoms with van der Waals surface area (Å²) in [5.74, 6) is 0. The third-order valence-corrected chi connectivity index (χ3v) is 9.98. The Morgan fingerprint density at radius 2 is 1.08 bits per heavy atom. The van der Waals surface area contributed by atoms with Crippen molar-refractivity contribution < 1.29 is 0 Å². The zero-order chi connectivity index (χ0) is 33.0. The second kappa shape index (κ2) is 11.7. The number of benzene rings is 7. The van der Waals surface area contributed by atoms with Gasteiger partial charge in [-0.3, -0.25) is 0 Å². The summed E-state index contributed by atoms with van der Waals surface area (Å²) in [5.41, 5.74) is 11.0. The molecule has 0 aliphatic heterocycles. The Bertz CT molecular complexity index is 2330. The minimum Gasteiger partial charge on any atom is -0.310 e. The fourth-order valence-electron chi connectivity index (χ4n) is 7.47. The van der Waals surface area contributed by atoms with E-state index >= 15 is 0 Å². The zero-order valence-electron chi connectivity index (χ0n) is 28.6. The molecule has 0 fully saturated rings. The monoisotopic (exact) mass is 622 g/mol. The number of nitrogens with zero attached hydrogens (tertiary/aromatic N) is 2. The summed E-state index contributed by atoms with van der Waals surface area (Å²) >= 11 is 0. The van der Waals surface area contributed by atoms with Gasteiger partial charge in [0.1, 0.15) is 0 Å². The van der Waals surface area contributed by atoms with Crippen LogP contribution in [0.1, 0.15) is 50.3 Å². The van der Waals surface area contributed by atoms with Crippen LogP contribution in [0.2, 0.25) is 0 Å². The Morgan fingerprint density at radius 3 is 1.65 bits per heavy atom. The molecule has 1 aliphatic carbocycles. The molecule has 2 nitrogen and oxygen atoms in total. The summed E-state index contributed by atoms with van der Waals surface area (Å²) in [6.07, 6.45) is 9.12. The standard InChI is InChI=1S/C46H42N2/c1-31-16-12-14-22-40(31)47(36-18-8-6-9-19-36)42-30-43(48(37-20-10-7-11-21-37)41-23-15-13-17-32(41)2)39-27-25-34-29-35(46(3,4)5)28-33-24-26-38(42)45(39)44(33)34/h6,8-10,12-30H,7,11H2,1-5H3. The smallest absolute Gasteiger partial charge is 0.0561 e. The first-order valence-electron chi connectivity index (χ1n) is 17.2. The van der Waals surface area contributed by atoms with Crippen LogP contribution in [0.25, 0.3) is 32.3 Å². The van der Waals surface area contributed by atoms with Crippen LogP contribution in [0.3, 0.4) is 0 Å². The van der Waals surface area contributed by atoms with Crippen molar-refractivity contribution >= 4 is 60.8 Å². The van der Waals surface area contributed by atoms with Crippen molar-refractivity contribution in [2.24, 2.45) is 0 Å². The zero-order valence-corrected chi connectivity index (χ0v) is 28.6. The summed E-state index contributed by atoms with van der Waals surface area (Å²) in [6, 6.07) is 45.1. The highest BCUT2D eigenvalue weighted by Crippen LogP contribution is 2.50. The van der Waals surface area contributed by atoms with Gasteiger partial charge in [-0.25, -0.2) is 0 Å². The van der Waals surface area contributed by atoms with E-state index in [4.69, 9.17) is 0 Å². The van der Waals surface area contributed by atoms with E-state index in [1.165, 1.54) is 77.5 Å². The highest BCUT2D eigenvalue weighted by atomic mass is 15.2.